The lowest BCUT2D eigenvalue weighted by atomic mass is 10.1. The maximum absolute atomic E-state index is 14.4. The molecule has 0 aliphatic carbocycles. The van der Waals surface area contributed by atoms with E-state index in [4.69, 9.17) is 33.2 Å². The third kappa shape index (κ3) is 36.0. The van der Waals surface area contributed by atoms with Gasteiger partial charge in [0.25, 0.3) is 0 Å². The number of unbranched alkanes of at least 4 members (excludes halogenated alkanes) is 20. The van der Waals surface area contributed by atoms with Crippen LogP contribution in [0, 0.1) is 11.8 Å². The number of hydrogen-bond donors (Lipinski definition) is 0. The largest absolute Gasteiger partial charge is 0.465 e. The fourth-order valence-corrected chi connectivity index (χ4v) is 10.0. The average molecular weight is 1090 g/mol. The van der Waals surface area contributed by atoms with Crippen LogP contribution in [-0.4, -0.2) is 130 Å². The number of carbonyl (C=O) groups is 7. The molecule has 446 valence electrons. The summed E-state index contributed by atoms with van der Waals surface area (Å²) < 4.78 is 40.6. The van der Waals surface area contributed by atoms with Crippen LogP contribution in [0.5, 0.6) is 0 Å². The van der Waals surface area contributed by atoms with Crippen molar-refractivity contribution in [2.24, 2.45) is 11.8 Å². The molecule has 16 heteroatoms. The van der Waals surface area contributed by atoms with Crippen LogP contribution in [0.15, 0.2) is 0 Å². The van der Waals surface area contributed by atoms with Crippen molar-refractivity contribution in [2.45, 2.75) is 277 Å². The van der Waals surface area contributed by atoms with Crippen molar-refractivity contribution >= 4 is 41.9 Å². The highest BCUT2D eigenvalue weighted by molar-refractivity contribution is 5.73. The van der Waals surface area contributed by atoms with Gasteiger partial charge in [0.15, 0.2) is 0 Å². The quantitative estimate of drug-likeness (QED) is 0.0318. The Hall–Kier alpha value is -3.95. The van der Waals surface area contributed by atoms with Gasteiger partial charge in [0, 0.05) is 44.1 Å². The fourth-order valence-electron chi connectivity index (χ4n) is 10.0. The molecule has 0 saturated carbocycles. The summed E-state index contributed by atoms with van der Waals surface area (Å²) in [4.78, 5) is 96.6. The predicted octanol–water partition coefficient (Wildman–Crippen LogP) is 13.1. The number of carbonyl (C=O) groups excluding carboxylic acids is 7. The Morgan fingerprint density at radius 3 is 1.05 bits per heavy atom. The molecule has 2 saturated heterocycles. The molecule has 3 atom stereocenters. The van der Waals surface area contributed by atoms with E-state index in [0.717, 1.165) is 116 Å². The summed E-state index contributed by atoms with van der Waals surface area (Å²) >= 11 is 0. The molecule has 0 N–H and O–H groups in total. The highest BCUT2D eigenvalue weighted by Gasteiger charge is 2.37. The van der Waals surface area contributed by atoms with Gasteiger partial charge in [-0.1, -0.05) is 169 Å². The van der Waals surface area contributed by atoms with Crippen molar-refractivity contribution in [1.82, 2.24) is 9.80 Å². The molecular formula is C61H108N2O14. The van der Waals surface area contributed by atoms with Crippen molar-refractivity contribution in [3.05, 3.63) is 0 Å². The van der Waals surface area contributed by atoms with Crippen molar-refractivity contribution in [1.29, 1.82) is 0 Å². The number of likely N-dealkylation sites (N-methyl/N-ethyl adjacent to an activating group) is 1. The van der Waals surface area contributed by atoms with Gasteiger partial charge in [-0.15, -0.1) is 0 Å². The van der Waals surface area contributed by atoms with Crippen LogP contribution in [0.3, 0.4) is 0 Å². The van der Waals surface area contributed by atoms with Gasteiger partial charge in [-0.05, 0) is 65.0 Å². The van der Waals surface area contributed by atoms with Gasteiger partial charge < -0.3 is 38.1 Å². The molecule has 0 spiro atoms. The molecule has 0 aromatic carbocycles. The lowest BCUT2D eigenvalue weighted by molar-refractivity contribution is -0.156. The normalized spacial score (nSPS) is 16.9. The first-order valence-corrected chi connectivity index (χ1v) is 31.0. The zero-order chi connectivity index (χ0) is 56.1. The van der Waals surface area contributed by atoms with E-state index < -0.39 is 42.0 Å². The number of amides is 1. The van der Waals surface area contributed by atoms with Crippen molar-refractivity contribution < 1.29 is 66.7 Å². The SMILES string of the molecule is CCCCCCCCC(=O)OCC(COC(=O)CCCCCCCC)CC(=O)OC[C@H]1CCCC[C@@H](COC(=O)CC(COC(=O)CCCCCCCC)COC(=O)CCCCCCCC)N1C(=O)OC1CCCN(C)C1. The minimum absolute atomic E-state index is 0.108. The minimum atomic E-state index is -0.633. The Kier molecular flexibility index (Phi) is 41.2. The molecule has 2 aliphatic heterocycles. The van der Waals surface area contributed by atoms with Crippen LogP contribution in [0.25, 0.3) is 0 Å². The third-order valence-electron chi connectivity index (χ3n) is 14.8. The fraction of sp³-hybridized carbons (Fsp3) is 0.885. The second-order valence-electron chi connectivity index (χ2n) is 22.2. The Morgan fingerprint density at radius 2 is 0.727 bits per heavy atom. The summed E-state index contributed by atoms with van der Waals surface area (Å²) in [5.41, 5.74) is 0. The number of hydrogen-bond acceptors (Lipinski definition) is 15. The van der Waals surface area contributed by atoms with Gasteiger partial charge in [-0.2, -0.15) is 0 Å². The number of esters is 6. The molecule has 16 nitrogen and oxygen atoms in total. The smallest absolute Gasteiger partial charge is 0.410 e. The van der Waals surface area contributed by atoms with E-state index in [0.29, 0.717) is 64.3 Å². The highest BCUT2D eigenvalue weighted by Crippen LogP contribution is 2.27. The van der Waals surface area contributed by atoms with Crippen molar-refractivity contribution in [3.8, 4) is 0 Å². The Balaban J connectivity index is 2.18. The first-order valence-electron chi connectivity index (χ1n) is 31.0. The van der Waals surface area contributed by atoms with E-state index in [-0.39, 0.29) is 108 Å². The van der Waals surface area contributed by atoms with Crippen LogP contribution in [0.2, 0.25) is 0 Å². The second kappa shape index (κ2) is 45.9. The van der Waals surface area contributed by atoms with Gasteiger partial charge >= 0.3 is 41.9 Å². The maximum Gasteiger partial charge on any atom is 0.410 e. The first kappa shape index (κ1) is 69.2. The predicted molar refractivity (Wildman–Crippen MR) is 299 cm³/mol. The molecule has 77 heavy (non-hydrogen) atoms. The van der Waals surface area contributed by atoms with E-state index in [2.05, 4.69) is 32.6 Å². The number of nitrogens with zero attached hydrogens (tertiary/aromatic N) is 2. The van der Waals surface area contributed by atoms with E-state index in [1.165, 1.54) is 25.7 Å². The molecule has 1 amide bonds. The molecule has 2 heterocycles. The zero-order valence-corrected chi connectivity index (χ0v) is 49.1. The topological polar surface area (TPSA) is 191 Å². The van der Waals surface area contributed by atoms with Crippen LogP contribution in [0.4, 0.5) is 4.79 Å². The van der Waals surface area contributed by atoms with Crippen LogP contribution >= 0.6 is 0 Å². The zero-order valence-electron chi connectivity index (χ0n) is 49.1. The van der Waals surface area contributed by atoms with Crippen LogP contribution < -0.4 is 0 Å². The molecular weight excluding hydrogens is 985 g/mol. The summed E-state index contributed by atoms with van der Waals surface area (Å²) in [7, 11) is 1.98. The maximum atomic E-state index is 14.4. The highest BCUT2D eigenvalue weighted by atomic mass is 16.6. The number of piperidine rings is 1. The van der Waals surface area contributed by atoms with Gasteiger partial charge in [-0.25, -0.2) is 4.79 Å². The third-order valence-corrected chi connectivity index (χ3v) is 14.8. The number of ether oxygens (including phenoxy) is 7. The summed E-state index contributed by atoms with van der Waals surface area (Å²) in [6, 6.07) is -1.21. The number of likely N-dealkylation sites (tertiary alicyclic amines) is 2. The molecule has 0 aromatic heterocycles. The molecule has 0 bridgehead atoms. The summed E-state index contributed by atoms with van der Waals surface area (Å²) in [5.74, 6) is -3.88. The van der Waals surface area contributed by atoms with Crippen molar-refractivity contribution in [2.75, 3.05) is 59.8 Å². The summed E-state index contributed by atoms with van der Waals surface area (Å²) in [6.07, 6.45) is 28.4. The standard InChI is InChI=1S/C61H108N2O14/c1-6-10-14-18-22-26-36-55(64)71-44-50(45-72-56(65)37-27-23-19-15-11-7-2)41-59(68)75-48-52-33-30-31-34-53(63(52)61(70)77-54-35-32-40-62(5)43-54)49-76-60(69)42-51(46-73-57(66)38-28-24-20-16-12-8-3)47-74-58(67)39-29-25-21-17-13-9-4/h50-54H,6-49H2,1-5H3/t52-,53+,54?. The van der Waals surface area contributed by atoms with E-state index in [1.807, 2.05) is 7.05 Å². The number of rotatable bonds is 45. The molecule has 2 rings (SSSR count). The van der Waals surface area contributed by atoms with Gasteiger partial charge in [0.05, 0.1) is 51.4 Å². The summed E-state index contributed by atoms with van der Waals surface area (Å²) in [5, 5.41) is 0. The lowest BCUT2D eigenvalue weighted by Crippen LogP contribution is -2.52. The monoisotopic (exact) mass is 1090 g/mol. The molecule has 1 unspecified atom stereocenters. The summed E-state index contributed by atoms with van der Waals surface area (Å²) in [6.45, 7) is 9.37. The van der Waals surface area contributed by atoms with Gasteiger partial charge in [0.2, 0.25) is 0 Å². The Morgan fingerprint density at radius 1 is 0.403 bits per heavy atom. The minimum Gasteiger partial charge on any atom is -0.465 e. The Labute approximate surface area is 465 Å². The molecule has 0 aromatic rings. The average Bonchev–Trinajstić information content (AvgIpc) is 3.63. The van der Waals surface area contributed by atoms with Crippen molar-refractivity contribution in [3.63, 3.8) is 0 Å². The van der Waals surface area contributed by atoms with Crippen LogP contribution in [-0.2, 0) is 61.9 Å². The Bertz CT molecular complexity index is 1440. The lowest BCUT2D eigenvalue weighted by Gasteiger charge is -2.37. The molecule has 0 radical (unpaired) electrons. The molecule has 2 aliphatic rings. The van der Waals surface area contributed by atoms with Gasteiger partial charge in [0.1, 0.15) is 19.3 Å². The first-order chi connectivity index (χ1) is 37.4. The van der Waals surface area contributed by atoms with E-state index >= 15 is 0 Å². The van der Waals surface area contributed by atoms with Crippen LogP contribution in [0.1, 0.15) is 259 Å². The van der Waals surface area contributed by atoms with E-state index in [1.54, 1.807) is 4.90 Å². The van der Waals surface area contributed by atoms with E-state index in [9.17, 15) is 33.6 Å². The van der Waals surface area contributed by atoms with Gasteiger partial charge in [-0.3, -0.25) is 33.7 Å². The second-order valence-corrected chi connectivity index (χ2v) is 22.2. The molecule has 2 fully saturated rings.